The summed E-state index contributed by atoms with van der Waals surface area (Å²) in [6.45, 7) is 9.52. The number of piperidine rings is 1. The first-order valence-corrected chi connectivity index (χ1v) is 8.41. The number of urea groups is 1. The monoisotopic (exact) mass is 312 g/mol. The van der Waals surface area contributed by atoms with Crippen LogP contribution in [0.4, 0.5) is 4.79 Å². The summed E-state index contributed by atoms with van der Waals surface area (Å²) in [6.07, 6.45) is 2.46. The maximum Gasteiger partial charge on any atom is 0.317 e. The fourth-order valence-corrected chi connectivity index (χ4v) is 2.53. The lowest BCUT2D eigenvalue weighted by Crippen LogP contribution is -2.47. The molecule has 0 aromatic carbocycles. The first kappa shape index (κ1) is 18.7. The number of nitrogens with one attached hydrogen (secondary N) is 2. The van der Waals surface area contributed by atoms with Crippen molar-refractivity contribution in [3.8, 4) is 0 Å². The van der Waals surface area contributed by atoms with E-state index in [1.807, 2.05) is 11.8 Å². The molecule has 2 unspecified atom stereocenters. The highest BCUT2D eigenvalue weighted by molar-refractivity contribution is 5.77. The summed E-state index contributed by atoms with van der Waals surface area (Å²) >= 11 is 0. The second-order valence-electron chi connectivity index (χ2n) is 6.88. The van der Waals surface area contributed by atoms with E-state index in [0.29, 0.717) is 44.4 Å². The Morgan fingerprint density at radius 3 is 2.59 bits per heavy atom. The Morgan fingerprint density at radius 2 is 1.95 bits per heavy atom. The maximum absolute atomic E-state index is 12.1. The van der Waals surface area contributed by atoms with Crippen LogP contribution in [0.3, 0.4) is 0 Å². The van der Waals surface area contributed by atoms with Crippen molar-refractivity contribution in [2.75, 3.05) is 32.7 Å². The Labute approximate surface area is 134 Å². The summed E-state index contributed by atoms with van der Waals surface area (Å²) < 4.78 is 0. The summed E-state index contributed by atoms with van der Waals surface area (Å²) in [6, 6.07) is -0.00411. The third kappa shape index (κ3) is 7.11. The number of hydrogen-bond acceptors (Lipinski definition) is 3. The van der Waals surface area contributed by atoms with Gasteiger partial charge in [-0.25, -0.2) is 4.79 Å². The van der Waals surface area contributed by atoms with Gasteiger partial charge >= 0.3 is 6.03 Å². The molecular weight excluding hydrogens is 280 g/mol. The van der Waals surface area contributed by atoms with Crippen LogP contribution in [0.1, 0.15) is 40.0 Å². The van der Waals surface area contributed by atoms with Crippen LogP contribution < -0.4 is 16.4 Å². The van der Waals surface area contributed by atoms with Crippen molar-refractivity contribution in [2.45, 2.75) is 40.0 Å². The Kier molecular flexibility index (Phi) is 8.24. The number of nitrogens with zero attached hydrogens (tertiary/aromatic N) is 1. The standard InChI is InChI=1S/C16H32N4O2/c1-12(2)9-19-16(22)20-6-4-5-14(11-20)7-15(21)18-10-13(3)8-17/h12-14H,4-11,17H2,1-3H3,(H,18,21)(H,19,22). The quantitative estimate of drug-likeness (QED) is 0.659. The lowest BCUT2D eigenvalue weighted by Gasteiger charge is -2.32. The Hall–Kier alpha value is -1.30. The molecule has 1 heterocycles. The second-order valence-corrected chi connectivity index (χ2v) is 6.88. The molecule has 1 rings (SSSR count). The van der Waals surface area contributed by atoms with Crippen LogP contribution in [0.25, 0.3) is 0 Å². The smallest absolute Gasteiger partial charge is 0.317 e. The molecule has 0 aromatic heterocycles. The molecule has 22 heavy (non-hydrogen) atoms. The van der Waals surface area contributed by atoms with Crippen molar-refractivity contribution >= 4 is 11.9 Å². The van der Waals surface area contributed by atoms with Crippen LogP contribution >= 0.6 is 0 Å². The van der Waals surface area contributed by atoms with Gasteiger partial charge in [-0.05, 0) is 37.1 Å². The van der Waals surface area contributed by atoms with Gasteiger partial charge in [-0.1, -0.05) is 20.8 Å². The Morgan fingerprint density at radius 1 is 1.23 bits per heavy atom. The van der Waals surface area contributed by atoms with Crippen LogP contribution in [0, 0.1) is 17.8 Å². The highest BCUT2D eigenvalue weighted by Crippen LogP contribution is 2.19. The zero-order valence-corrected chi connectivity index (χ0v) is 14.2. The molecule has 128 valence electrons. The lowest BCUT2D eigenvalue weighted by atomic mass is 9.94. The van der Waals surface area contributed by atoms with Crippen molar-refractivity contribution in [1.82, 2.24) is 15.5 Å². The van der Waals surface area contributed by atoms with Gasteiger partial charge in [-0.15, -0.1) is 0 Å². The van der Waals surface area contributed by atoms with Gasteiger partial charge in [-0.3, -0.25) is 4.79 Å². The lowest BCUT2D eigenvalue weighted by molar-refractivity contribution is -0.122. The topological polar surface area (TPSA) is 87.5 Å². The van der Waals surface area contributed by atoms with Crippen molar-refractivity contribution in [3.05, 3.63) is 0 Å². The van der Waals surface area contributed by atoms with Crippen molar-refractivity contribution in [2.24, 2.45) is 23.5 Å². The Bertz CT molecular complexity index is 360. The number of carbonyl (C=O) groups is 2. The van der Waals surface area contributed by atoms with Crippen molar-refractivity contribution < 1.29 is 9.59 Å². The predicted molar refractivity (Wildman–Crippen MR) is 88.4 cm³/mol. The molecule has 6 heteroatoms. The van der Waals surface area contributed by atoms with E-state index >= 15 is 0 Å². The SMILES string of the molecule is CC(C)CNC(=O)N1CCCC(CC(=O)NCC(C)CN)C1. The summed E-state index contributed by atoms with van der Waals surface area (Å²) in [4.78, 5) is 25.9. The fourth-order valence-electron chi connectivity index (χ4n) is 2.53. The zero-order valence-electron chi connectivity index (χ0n) is 14.2. The number of carbonyl (C=O) groups excluding carboxylic acids is 2. The van der Waals surface area contributed by atoms with E-state index in [1.165, 1.54) is 0 Å². The number of nitrogens with two attached hydrogens (primary N) is 1. The summed E-state index contributed by atoms with van der Waals surface area (Å²) in [5, 5.41) is 5.87. The van der Waals surface area contributed by atoms with Crippen molar-refractivity contribution in [1.29, 1.82) is 0 Å². The second kappa shape index (κ2) is 9.66. The van der Waals surface area contributed by atoms with Gasteiger partial charge in [0.05, 0.1) is 0 Å². The summed E-state index contributed by atoms with van der Waals surface area (Å²) in [5.41, 5.74) is 5.54. The van der Waals surface area contributed by atoms with E-state index in [-0.39, 0.29) is 17.9 Å². The molecule has 0 aromatic rings. The van der Waals surface area contributed by atoms with Gasteiger partial charge in [0.15, 0.2) is 0 Å². The molecule has 0 aliphatic carbocycles. The highest BCUT2D eigenvalue weighted by Gasteiger charge is 2.25. The third-order valence-corrected chi connectivity index (χ3v) is 3.99. The van der Waals surface area contributed by atoms with Crippen molar-refractivity contribution in [3.63, 3.8) is 0 Å². The minimum absolute atomic E-state index is 0.00411. The maximum atomic E-state index is 12.1. The van der Waals surface area contributed by atoms with Crippen LogP contribution in [0.15, 0.2) is 0 Å². The average Bonchev–Trinajstić information content (AvgIpc) is 2.50. The van der Waals surface area contributed by atoms with E-state index in [2.05, 4.69) is 24.5 Å². The molecule has 6 nitrogen and oxygen atoms in total. The molecule has 1 aliphatic rings. The van der Waals surface area contributed by atoms with E-state index < -0.39 is 0 Å². The van der Waals surface area contributed by atoms with E-state index in [4.69, 9.17) is 5.73 Å². The number of rotatable bonds is 7. The molecule has 0 saturated carbocycles. The fraction of sp³-hybridized carbons (Fsp3) is 0.875. The molecule has 1 saturated heterocycles. The number of hydrogen-bond donors (Lipinski definition) is 3. The average molecular weight is 312 g/mol. The molecule has 4 N–H and O–H groups in total. The van der Waals surface area contributed by atoms with Gasteiger partial charge < -0.3 is 21.3 Å². The molecule has 3 amide bonds. The highest BCUT2D eigenvalue weighted by atomic mass is 16.2. The predicted octanol–water partition coefficient (Wildman–Crippen LogP) is 1.17. The van der Waals surface area contributed by atoms with Gasteiger partial charge in [0.2, 0.25) is 5.91 Å². The van der Waals surface area contributed by atoms with Gasteiger partial charge in [0.1, 0.15) is 0 Å². The van der Waals surface area contributed by atoms with E-state index in [1.54, 1.807) is 0 Å². The summed E-state index contributed by atoms with van der Waals surface area (Å²) in [7, 11) is 0. The largest absolute Gasteiger partial charge is 0.356 e. The Balaban J connectivity index is 2.33. The molecule has 2 atom stereocenters. The first-order chi connectivity index (χ1) is 10.4. The van der Waals surface area contributed by atoms with Crippen LogP contribution in [0.2, 0.25) is 0 Å². The zero-order chi connectivity index (χ0) is 16.5. The van der Waals surface area contributed by atoms with Gasteiger partial charge in [0, 0.05) is 32.6 Å². The minimum atomic E-state index is -0.00411. The minimum Gasteiger partial charge on any atom is -0.356 e. The van der Waals surface area contributed by atoms with Crippen LogP contribution in [0.5, 0.6) is 0 Å². The van der Waals surface area contributed by atoms with Gasteiger partial charge in [-0.2, -0.15) is 0 Å². The van der Waals surface area contributed by atoms with Gasteiger partial charge in [0.25, 0.3) is 0 Å². The van der Waals surface area contributed by atoms with Crippen LogP contribution in [-0.2, 0) is 4.79 Å². The number of likely N-dealkylation sites (tertiary alicyclic amines) is 1. The van der Waals surface area contributed by atoms with Crippen LogP contribution in [-0.4, -0.2) is 49.6 Å². The molecule has 0 bridgehead atoms. The van der Waals surface area contributed by atoms with E-state index in [0.717, 1.165) is 19.4 Å². The molecule has 1 fully saturated rings. The molecule has 0 spiro atoms. The normalized spacial score (nSPS) is 19.9. The molecular formula is C16H32N4O2. The van der Waals surface area contributed by atoms with E-state index in [9.17, 15) is 9.59 Å². The first-order valence-electron chi connectivity index (χ1n) is 8.41. The molecule has 0 radical (unpaired) electrons. The summed E-state index contributed by atoms with van der Waals surface area (Å²) in [5.74, 6) is 1.06. The number of amides is 3. The molecule has 1 aliphatic heterocycles. The third-order valence-electron chi connectivity index (χ3n) is 3.99.